The first-order valence-electron chi connectivity index (χ1n) is 8.22. The molecule has 0 spiro atoms. The quantitative estimate of drug-likeness (QED) is 0.780. The first kappa shape index (κ1) is 14.2. The number of rotatable bonds is 2. The Bertz CT molecular complexity index is 900. The normalized spacial score (nSPS) is 29.4. The molecule has 0 aliphatic carbocycles. The van der Waals surface area contributed by atoms with Gasteiger partial charge in [-0.3, -0.25) is 0 Å². The van der Waals surface area contributed by atoms with E-state index >= 15 is 0 Å². The molecule has 0 bridgehead atoms. The zero-order valence-electron chi connectivity index (χ0n) is 13.4. The van der Waals surface area contributed by atoms with Gasteiger partial charge in [0.25, 0.3) is 0 Å². The summed E-state index contributed by atoms with van der Waals surface area (Å²) in [6, 6.07) is 8.41. The molecule has 3 aromatic rings. The number of hydrogen-bond donors (Lipinski definition) is 1. The van der Waals surface area contributed by atoms with E-state index in [-0.39, 0.29) is 18.2 Å². The monoisotopic (exact) mass is 325 g/mol. The maximum atomic E-state index is 9.97. The van der Waals surface area contributed by atoms with E-state index in [1.54, 1.807) is 0 Å². The Morgan fingerprint density at radius 1 is 1.12 bits per heavy atom. The maximum absolute atomic E-state index is 9.97. The number of fused-ring (bicyclic) bond motifs is 2. The third-order valence-electron chi connectivity index (χ3n) is 5.20. The first-order chi connectivity index (χ1) is 11.7. The van der Waals surface area contributed by atoms with Gasteiger partial charge in [0.15, 0.2) is 0 Å². The molecule has 5 rings (SSSR count). The average Bonchev–Trinajstić information content (AvgIpc) is 3.34. The number of nitrogens with zero attached hydrogens (tertiary/aromatic N) is 3. The number of benzene rings is 1. The second kappa shape index (κ2) is 5.17. The highest BCUT2D eigenvalue weighted by molar-refractivity contribution is 5.93. The van der Waals surface area contributed by atoms with Crippen LogP contribution in [0.2, 0.25) is 0 Å². The van der Waals surface area contributed by atoms with Gasteiger partial charge in [0.1, 0.15) is 24.1 Å². The van der Waals surface area contributed by atoms with Crippen molar-refractivity contribution in [3.8, 4) is 11.4 Å². The van der Waals surface area contributed by atoms with Crippen molar-refractivity contribution in [2.24, 2.45) is 7.05 Å². The summed E-state index contributed by atoms with van der Waals surface area (Å²) >= 11 is 0. The summed E-state index contributed by atoms with van der Waals surface area (Å²) in [7, 11) is 2.04. The SMILES string of the molecule is Cn1ccc2c(-c3nccn3[C@H]3CO[C@H]4[C@@H]3OC[C@H]4O)cccc21. The molecule has 0 saturated carbocycles. The van der Waals surface area contributed by atoms with E-state index < -0.39 is 6.10 Å². The predicted octanol–water partition coefficient (Wildman–Crippen LogP) is 1.74. The van der Waals surface area contributed by atoms with Crippen LogP contribution in [-0.2, 0) is 16.5 Å². The van der Waals surface area contributed by atoms with Gasteiger partial charge in [-0.1, -0.05) is 12.1 Å². The Morgan fingerprint density at radius 2 is 2.00 bits per heavy atom. The van der Waals surface area contributed by atoms with Crippen molar-refractivity contribution in [2.75, 3.05) is 13.2 Å². The Hall–Kier alpha value is -2.15. The van der Waals surface area contributed by atoms with Gasteiger partial charge in [-0.15, -0.1) is 0 Å². The highest BCUT2D eigenvalue weighted by atomic mass is 16.6. The number of ether oxygens (including phenoxy) is 2. The van der Waals surface area contributed by atoms with Gasteiger partial charge in [0.05, 0.1) is 19.3 Å². The molecule has 6 heteroatoms. The molecule has 0 unspecified atom stereocenters. The lowest BCUT2D eigenvalue weighted by Gasteiger charge is -2.20. The molecule has 2 fully saturated rings. The van der Waals surface area contributed by atoms with Crippen molar-refractivity contribution >= 4 is 10.9 Å². The average molecular weight is 325 g/mol. The molecule has 1 N–H and O–H groups in total. The number of hydrogen-bond acceptors (Lipinski definition) is 4. The summed E-state index contributed by atoms with van der Waals surface area (Å²) in [6.07, 6.45) is 4.95. The Kier molecular flexibility index (Phi) is 3.06. The Labute approximate surface area is 139 Å². The van der Waals surface area contributed by atoms with Crippen molar-refractivity contribution in [1.29, 1.82) is 0 Å². The minimum atomic E-state index is -0.537. The fourth-order valence-electron chi connectivity index (χ4n) is 3.98. The summed E-state index contributed by atoms with van der Waals surface area (Å²) < 4.78 is 15.8. The zero-order chi connectivity index (χ0) is 16.3. The molecule has 0 radical (unpaired) electrons. The lowest BCUT2D eigenvalue weighted by atomic mass is 10.1. The Morgan fingerprint density at radius 3 is 2.92 bits per heavy atom. The van der Waals surface area contributed by atoms with Crippen molar-refractivity contribution in [3.63, 3.8) is 0 Å². The molecule has 24 heavy (non-hydrogen) atoms. The molecule has 2 aromatic heterocycles. The molecule has 1 aromatic carbocycles. The van der Waals surface area contributed by atoms with E-state index in [9.17, 15) is 5.11 Å². The van der Waals surface area contributed by atoms with Crippen molar-refractivity contribution in [1.82, 2.24) is 14.1 Å². The van der Waals surface area contributed by atoms with Crippen LogP contribution in [-0.4, -0.2) is 50.8 Å². The van der Waals surface area contributed by atoms with Crippen molar-refractivity contribution in [2.45, 2.75) is 24.4 Å². The van der Waals surface area contributed by atoms with E-state index in [4.69, 9.17) is 9.47 Å². The first-order valence-corrected chi connectivity index (χ1v) is 8.22. The summed E-state index contributed by atoms with van der Waals surface area (Å²) in [5, 5.41) is 11.1. The van der Waals surface area contributed by atoms with E-state index in [0.29, 0.717) is 13.2 Å². The van der Waals surface area contributed by atoms with Crippen molar-refractivity contribution < 1.29 is 14.6 Å². The van der Waals surface area contributed by atoms with E-state index in [2.05, 4.69) is 44.6 Å². The van der Waals surface area contributed by atoms with E-state index in [1.165, 1.54) is 10.9 Å². The van der Waals surface area contributed by atoms with Crippen LogP contribution in [0.3, 0.4) is 0 Å². The van der Waals surface area contributed by atoms with Gasteiger partial charge in [-0.25, -0.2) is 4.98 Å². The topological polar surface area (TPSA) is 61.4 Å². The molecular formula is C18H19N3O3. The van der Waals surface area contributed by atoms with Crippen LogP contribution in [0.15, 0.2) is 42.9 Å². The lowest BCUT2D eigenvalue weighted by Crippen LogP contribution is -2.30. The molecule has 6 nitrogen and oxygen atoms in total. The number of aryl methyl sites for hydroxylation is 1. The fraction of sp³-hybridized carbons (Fsp3) is 0.389. The van der Waals surface area contributed by atoms with Gasteiger partial charge < -0.3 is 23.7 Å². The summed E-state index contributed by atoms with van der Waals surface area (Å²) in [6.45, 7) is 0.866. The third-order valence-corrected chi connectivity index (χ3v) is 5.20. The molecule has 4 heterocycles. The lowest BCUT2D eigenvalue weighted by molar-refractivity contribution is 0.0172. The summed E-state index contributed by atoms with van der Waals surface area (Å²) in [4.78, 5) is 4.60. The molecule has 4 atom stereocenters. The molecular weight excluding hydrogens is 306 g/mol. The van der Waals surface area contributed by atoms with Gasteiger partial charge in [0.2, 0.25) is 0 Å². The zero-order valence-corrected chi connectivity index (χ0v) is 13.4. The highest BCUT2D eigenvalue weighted by Crippen LogP contribution is 2.37. The van der Waals surface area contributed by atoms with Gasteiger partial charge in [-0.2, -0.15) is 0 Å². The highest BCUT2D eigenvalue weighted by Gasteiger charge is 2.48. The maximum Gasteiger partial charge on any atom is 0.141 e. The van der Waals surface area contributed by atoms with Crippen LogP contribution in [0.25, 0.3) is 22.3 Å². The van der Waals surface area contributed by atoms with Gasteiger partial charge in [0, 0.05) is 42.1 Å². The number of aromatic nitrogens is 3. The predicted molar refractivity (Wildman–Crippen MR) is 88.7 cm³/mol. The standard InChI is InChI=1S/C18H19N3O3/c1-20-7-5-11-12(3-2-4-13(11)20)18-19-6-8-21(18)14-9-23-17-15(22)10-24-16(14)17/h2-8,14-17,22H,9-10H2,1H3/t14-,15+,16+,17+/m0/s1. The number of aliphatic hydroxyl groups excluding tert-OH is 1. The van der Waals surface area contributed by atoms with Crippen LogP contribution >= 0.6 is 0 Å². The molecule has 2 saturated heterocycles. The minimum absolute atomic E-state index is 0.0311. The van der Waals surface area contributed by atoms with Gasteiger partial charge >= 0.3 is 0 Å². The van der Waals surface area contributed by atoms with Gasteiger partial charge in [-0.05, 0) is 12.1 Å². The second-order valence-corrected chi connectivity index (χ2v) is 6.55. The molecule has 124 valence electrons. The molecule has 2 aliphatic heterocycles. The van der Waals surface area contributed by atoms with E-state index in [1.807, 2.05) is 19.4 Å². The van der Waals surface area contributed by atoms with Crippen LogP contribution < -0.4 is 0 Å². The fourth-order valence-corrected chi connectivity index (χ4v) is 3.98. The summed E-state index contributed by atoms with van der Waals surface area (Å²) in [5.41, 5.74) is 2.27. The number of imidazole rings is 1. The van der Waals surface area contributed by atoms with Crippen LogP contribution in [0.4, 0.5) is 0 Å². The second-order valence-electron chi connectivity index (χ2n) is 6.55. The van der Waals surface area contributed by atoms with E-state index in [0.717, 1.165) is 11.4 Å². The Balaban J connectivity index is 1.61. The van der Waals surface area contributed by atoms with Crippen LogP contribution in [0.5, 0.6) is 0 Å². The molecule has 0 amide bonds. The van der Waals surface area contributed by atoms with Crippen LogP contribution in [0.1, 0.15) is 6.04 Å². The third kappa shape index (κ3) is 1.90. The van der Waals surface area contributed by atoms with Crippen molar-refractivity contribution in [3.05, 3.63) is 42.9 Å². The largest absolute Gasteiger partial charge is 0.388 e. The van der Waals surface area contributed by atoms with Crippen LogP contribution in [0, 0.1) is 0 Å². The minimum Gasteiger partial charge on any atom is -0.388 e. The molecule has 2 aliphatic rings. The summed E-state index contributed by atoms with van der Waals surface area (Å²) in [5.74, 6) is 0.908. The smallest absolute Gasteiger partial charge is 0.141 e. The number of aliphatic hydroxyl groups is 1.